The van der Waals surface area contributed by atoms with Gasteiger partial charge in [-0.05, 0) is 67.1 Å². The van der Waals surface area contributed by atoms with Crippen molar-refractivity contribution in [1.29, 1.82) is 0 Å². The van der Waals surface area contributed by atoms with Gasteiger partial charge in [0.25, 0.3) is 0 Å². The summed E-state index contributed by atoms with van der Waals surface area (Å²) >= 11 is 0. The molecule has 0 saturated heterocycles. The lowest BCUT2D eigenvalue weighted by atomic mass is 9.47. The van der Waals surface area contributed by atoms with Crippen molar-refractivity contribution in [2.24, 2.45) is 22.7 Å². The minimum Gasteiger partial charge on any atom is -0.543 e. The quantitative estimate of drug-likeness (QED) is 0.361. The molecule has 1 aliphatic heterocycles. The third-order valence-electron chi connectivity index (χ3n) is 9.46. The molecule has 0 amide bonds. The molecule has 1 aromatic rings. The highest BCUT2D eigenvalue weighted by molar-refractivity contribution is 6.74. The fraction of sp³-hybridized carbons (Fsp3) is 0.714. The molecule has 0 aromatic heterocycles. The summed E-state index contributed by atoms with van der Waals surface area (Å²) in [6.45, 7) is 20.9. The summed E-state index contributed by atoms with van der Waals surface area (Å²) < 4.78 is 18.2. The van der Waals surface area contributed by atoms with E-state index in [-0.39, 0.29) is 28.6 Å². The summed E-state index contributed by atoms with van der Waals surface area (Å²) in [5, 5.41) is 12.2. The molecule has 2 aliphatic carbocycles. The maximum absolute atomic E-state index is 12.1. The number of ether oxygens (including phenoxy) is 2. The van der Waals surface area contributed by atoms with Gasteiger partial charge in [0.2, 0.25) is 15.1 Å². The van der Waals surface area contributed by atoms with Crippen LogP contribution in [0.3, 0.4) is 0 Å². The van der Waals surface area contributed by atoms with E-state index in [1.54, 1.807) is 0 Å². The molecule has 1 N–H and O–H groups in total. The van der Waals surface area contributed by atoms with Crippen molar-refractivity contribution in [3.8, 4) is 17.2 Å². The maximum Gasteiger partial charge on any atom is 0.250 e. The number of aliphatic hydroxyl groups is 1. The second kappa shape index (κ2) is 8.05. The molecule has 1 fully saturated rings. The molecule has 3 aliphatic rings. The number of hydrogen-bond acceptors (Lipinski definition) is 4. The van der Waals surface area contributed by atoms with Crippen LogP contribution in [-0.2, 0) is 0 Å². The lowest BCUT2D eigenvalue weighted by molar-refractivity contribution is -0.0764. The van der Waals surface area contributed by atoms with Crippen LogP contribution in [-0.4, -0.2) is 20.2 Å². The third-order valence-corrected chi connectivity index (χ3v) is 13.8. The van der Waals surface area contributed by atoms with E-state index in [0.29, 0.717) is 17.4 Å². The van der Waals surface area contributed by atoms with Crippen molar-refractivity contribution in [1.82, 2.24) is 0 Å². The van der Waals surface area contributed by atoms with E-state index in [2.05, 4.69) is 67.6 Å². The zero-order chi connectivity index (χ0) is 24.4. The van der Waals surface area contributed by atoms with E-state index in [1.165, 1.54) is 18.4 Å². The number of aliphatic hydroxyl groups excluding tert-OH is 1. The van der Waals surface area contributed by atoms with Gasteiger partial charge < -0.3 is 19.0 Å². The normalized spacial score (nSPS) is 29.8. The Balaban J connectivity index is 1.80. The van der Waals surface area contributed by atoms with E-state index in [0.717, 1.165) is 24.2 Å². The van der Waals surface area contributed by atoms with Gasteiger partial charge in [0.05, 0.1) is 6.10 Å². The molecule has 4 atom stereocenters. The van der Waals surface area contributed by atoms with Crippen molar-refractivity contribution >= 4 is 8.32 Å². The van der Waals surface area contributed by atoms with Gasteiger partial charge in [0.1, 0.15) is 5.75 Å². The van der Waals surface area contributed by atoms with Crippen LogP contribution in [0.5, 0.6) is 17.2 Å². The van der Waals surface area contributed by atoms with Gasteiger partial charge in [-0.1, -0.05) is 59.6 Å². The summed E-state index contributed by atoms with van der Waals surface area (Å²) in [5.41, 5.74) is 2.46. The first-order valence-corrected chi connectivity index (χ1v) is 15.6. The molecule has 5 heteroatoms. The van der Waals surface area contributed by atoms with Crippen molar-refractivity contribution in [3.63, 3.8) is 0 Å². The Morgan fingerprint density at radius 2 is 1.73 bits per heavy atom. The van der Waals surface area contributed by atoms with Gasteiger partial charge >= 0.3 is 0 Å². The number of hydrogen-bond donors (Lipinski definition) is 1. The van der Waals surface area contributed by atoms with Crippen LogP contribution < -0.4 is 13.9 Å². The van der Waals surface area contributed by atoms with Crippen LogP contribution in [0.1, 0.15) is 85.8 Å². The number of fused-ring (bicyclic) bond motifs is 2. The Labute approximate surface area is 201 Å². The monoisotopic (exact) mass is 472 g/mol. The van der Waals surface area contributed by atoms with Crippen molar-refractivity contribution in [3.05, 3.63) is 29.3 Å². The van der Waals surface area contributed by atoms with Gasteiger partial charge in [0.15, 0.2) is 11.5 Å². The van der Waals surface area contributed by atoms with Crippen LogP contribution in [0.15, 0.2) is 23.8 Å². The molecular formula is C28H44O4Si. The summed E-state index contributed by atoms with van der Waals surface area (Å²) in [4.78, 5) is 0. The Morgan fingerprint density at radius 1 is 1.09 bits per heavy atom. The van der Waals surface area contributed by atoms with E-state index < -0.39 is 14.4 Å². The maximum atomic E-state index is 12.1. The van der Waals surface area contributed by atoms with Gasteiger partial charge in [-0.25, -0.2) is 0 Å². The largest absolute Gasteiger partial charge is 0.543 e. The van der Waals surface area contributed by atoms with Gasteiger partial charge in [0, 0.05) is 17.5 Å². The first-order chi connectivity index (χ1) is 15.2. The third kappa shape index (κ3) is 4.14. The van der Waals surface area contributed by atoms with Gasteiger partial charge in [-0.3, -0.25) is 0 Å². The molecule has 4 nitrogen and oxygen atoms in total. The second-order valence-electron chi connectivity index (χ2n) is 13.1. The zero-order valence-corrected chi connectivity index (χ0v) is 23.2. The summed E-state index contributed by atoms with van der Waals surface area (Å²) in [6, 6.07) is 3.93. The zero-order valence-electron chi connectivity index (χ0n) is 22.2. The lowest BCUT2D eigenvalue weighted by Gasteiger charge is -2.57. The van der Waals surface area contributed by atoms with E-state index in [1.807, 2.05) is 12.1 Å². The van der Waals surface area contributed by atoms with Crippen molar-refractivity contribution < 1.29 is 19.0 Å². The molecule has 1 aromatic carbocycles. The highest BCUT2D eigenvalue weighted by Gasteiger charge is 2.54. The van der Waals surface area contributed by atoms with Gasteiger partial charge in [-0.15, -0.1) is 0 Å². The minimum absolute atomic E-state index is 0.0462. The topological polar surface area (TPSA) is 47.9 Å². The molecule has 4 rings (SSSR count). The van der Waals surface area contributed by atoms with E-state index >= 15 is 0 Å². The molecule has 0 radical (unpaired) electrons. The van der Waals surface area contributed by atoms with E-state index in [9.17, 15) is 5.11 Å². The first kappa shape index (κ1) is 24.7. The fourth-order valence-electron chi connectivity index (χ4n) is 6.55. The number of rotatable bonds is 4. The number of allylic oxidation sites excluding steroid dienone is 1. The smallest absolute Gasteiger partial charge is 0.250 e. The molecular weight excluding hydrogens is 428 g/mol. The SMILES string of the molecule is CC1=CC[C@H]2C(C)(C)CCC[C@]2(C)[C@H]1[C@@H](O)c1cc2c(cc1O[Si](C)(C)C(C)(C)C)OCO2. The Hall–Kier alpha value is -1.46. The van der Waals surface area contributed by atoms with Crippen LogP contribution in [0.25, 0.3) is 0 Å². The highest BCUT2D eigenvalue weighted by Crippen LogP contribution is 2.62. The van der Waals surface area contributed by atoms with Crippen LogP contribution in [0, 0.1) is 22.7 Å². The second-order valence-corrected chi connectivity index (χ2v) is 17.8. The Bertz CT molecular complexity index is 942. The predicted octanol–water partition coefficient (Wildman–Crippen LogP) is 7.63. The molecule has 1 saturated carbocycles. The molecule has 184 valence electrons. The summed E-state index contributed by atoms with van der Waals surface area (Å²) in [7, 11) is -2.12. The Morgan fingerprint density at radius 3 is 2.36 bits per heavy atom. The minimum atomic E-state index is -2.12. The van der Waals surface area contributed by atoms with Crippen LogP contribution >= 0.6 is 0 Å². The van der Waals surface area contributed by atoms with Crippen LogP contribution in [0.2, 0.25) is 18.1 Å². The standard InChI is InChI=1S/C28H44O4Si/c1-18-11-12-23-27(5,6)13-10-14-28(23,7)24(18)25(29)19-15-21-22(31-17-30-21)16-20(19)32-33(8,9)26(2,3)4/h11,15-16,23-25,29H,10,12-14,17H2,1-9H3/t23-,24+,25-,28-/m0/s1. The lowest BCUT2D eigenvalue weighted by Crippen LogP contribution is -2.50. The first-order valence-electron chi connectivity index (χ1n) is 12.6. The summed E-state index contributed by atoms with van der Waals surface area (Å²) in [5.74, 6) is 2.78. The van der Waals surface area contributed by atoms with Crippen LogP contribution in [0.4, 0.5) is 0 Å². The van der Waals surface area contributed by atoms with Crippen molar-refractivity contribution in [2.75, 3.05) is 6.79 Å². The molecule has 0 bridgehead atoms. The number of benzene rings is 1. The average Bonchev–Trinajstić information content (AvgIpc) is 3.12. The Kier molecular flexibility index (Phi) is 6.01. The fourth-order valence-corrected chi connectivity index (χ4v) is 7.59. The molecule has 0 spiro atoms. The average molecular weight is 473 g/mol. The molecule has 1 heterocycles. The predicted molar refractivity (Wildman–Crippen MR) is 136 cm³/mol. The van der Waals surface area contributed by atoms with E-state index in [4.69, 9.17) is 13.9 Å². The van der Waals surface area contributed by atoms with Gasteiger partial charge in [-0.2, -0.15) is 0 Å². The molecule has 0 unspecified atom stereocenters. The molecule has 33 heavy (non-hydrogen) atoms. The summed E-state index contributed by atoms with van der Waals surface area (Å²) in [6.07, 6.45) is 6.45. The highest BCUT2D eigenvalue weighted by atomic mass is 28.4. The van der Waals surface area contributed by atoms with Crippen molar-refractivity contribution in [2.45, 2.75) is 98.4 Å².